The van der Waals surface area contributed by atoms with Crippen LogP contribution in [0.15, 0.2) is 24.3 Å². The van der Waals surface area contributed by atoms with Crippen LogP contribution >= 0.6 is 0 Å². The van der Waals surface area contributed by atoms with Crippen molar-refractivity contribution in [1.29, 1.82) is 0 Å². The summed E-state index contributed by atoms with van der Waals surface area (Å²) in [5.41, 5.74) is 17.2. The Hall–Kier alpha value is -3.14. The molecule has 0 amide bonds. The van der Waals surface area contributed by atoms with Gasteiger partial charge in [-0.3, -0.25) is 4.98 Å². The molecule has 4 heteroatoms. The molecule has 0 fully saturated rings. The van der Waals surface area contributed by atoms with Crippen LogP contribution in [0.3, 0.4) is 0 Å². The zero-order valence-corrected chi connectivity index (χ0v) is 23.2. The average Bonchev–Trinajstić information content (AvgIpc) is 3.56. The van der Waals surface area contributed by atoms with Gasteiger partial charge in [0.1, 0.15) is 0 Å². The van der Waals surface area contributed by atoms with Crippen molar-refractivity contribution >= 4 is 33.2 Å². The predicted octanol–water partition coefficient (Wildman–Crippen LogP) is 8.69. The topological polar surface area (TPSA) is 57.4 Å². The van der Waals surface area contributed by atoms with Gasteiger partial charge < -0.3 is 9.97 Å². The fourth-order valence-corrected chi connectivity index (χ4v) is 6.55. The molecule has 0 radical (unpaired) electrons. The molecule has 2 aliphatic rings. The highest BCUT2D eigenvalue weighted by atomic mass is 14.8. The summed E-state index contributed by atoms with van der Waals surface area (Å²) in [6.07, 6.45) is 4.01. The van der Waals surface area contributed by atoms with E-state index in [0.29, 0.717) is 11.8 Å². The normalized spacial score (nSPS) is 17.8. The molecule has 5 rings (SSSR count). The minimum Gasteiger partial charge on any atom is -0.354 e. The Morgan fingerprint density at radius 1 is 0.750 bits per heavy atom. The number of H-pyrrole nitrogens is 2. The van der Waals surface area contributed by atoms with Crippen LogP contribution in [0.1, 0.15) is 111 Å². The van der Waals surface area contributed by atoms with E-state index in [1.54, 1.807) is 0 Å². The third-order valence-corrected chi connectivity index (χ3v) is 8.66. The maximum Gasteiger partial charge on any atom is 0.0907 e. The molecule has 0 spiro atoms. The van der Waals surface area contributed by atoms with E-state index in [4.69, 9.17) is 9.97 Å². The molecule has 8 bridgehead atoms. The Kier molecular flexibility index (Phi) is 6.40. The minimum atomic E-state index is 0.375. The highest BCUT2D eigenvalue weighted by molar-refractivity contribution is 5.96. The van der Waals surface area contributed by atoms with Gasteiger partial charge in [-0.15, -0.1) is 0 Å². The predicted molar refractivity (Wildman–Crippen MR) is 153 cm³/mol. The molecule has 2 atom stereocenters. The quantitative estimate of drug-likeness (QED) is 0.392. The van der Waals surface area contributed by atoms with Crippen LogP contribution < -0.4 is 0 Å². The Balaban J connectivity index is 1.97. The van der Waals surface area contributed by atoms with Crippen LogP contribution in [0.5, 0.6) is 0 Å². The summed E-state index contributed by atoms with van der Waals surface area (Å²) in [6, 6.07) is 8.95. The third-order valence-electron chi connectivity index (χ3n) is 8.66. The zero-order chi connectivity index (χ0) is 25.7. The third kappa shape index (κ3) is 3.65. The molecule has 36 heavy (non-hydrogen) atoms. The summed E-state index contributed by atoms with van der Waals surface area (Å²) in [5, 5.41) is 0. The van der Waals surface area contributed by atoms with Crippen molar-refractivity contribution < 1.29 is 0 Å². The van der Waals surface area contributed by atoms with E-state index in [9.17, 15) is 0 Å². The minimum absolute atomic E-state index is 0.375. The summed E-state index contributed by atoms with van der Waals surface area (Å²) in [4.78, 5) is 18.0. The van der Waals surface area contributed by atoms with Crippen LogP contribution in [0.2, 0.25) is 0 Å². The van der Waals surface area contributed by atoms with E-state index in [-0.39, 0.29) is 0 Å². The highest BCUT2D eigenvalue weighted by Gasteiger charge is 2.29. The van der Waals surface area contributed by atoms with Gasteiger partial charge in [0.05, 0.1) is 28.1 Å². The first-order valence-corrected chi connectivity index (χ1v) is 13.8. The molecule has 3 aromatic heterocycles. The van der Waals surface area contributed by atoms with Crippen molar-refractivity contribution in [2.24, 2.45) is 0 Å². The average molecular weight is 481 g/mol. The van der Waals surface area contributed by atoms with E-state index in [1.165, 1.54) is 61.3 Å². The molecule has 5 heterocycles. The molecule has 2 N–H and O–H groups in total. The second kappa shape index (κ2) is 9.38. The van der Waals surface area contributed by atoms with E-state index in [1.807, 2.05) is 0 Å². The van der Waals surface area contributed by atoms with E-state index >= 15 is 0 Å². The van der Waals surface area contributed by atoms with Crippen LogP contribution in [0.25, 0.3) is 33.2 Å². The van der Waals surface area contributed by atoms with Crippen LogP contribution in [0.4, 0.5) is 0 Å². The van der Waals surface area contributed by atoms with Crippen LogP contribution in [-0.2, 0) is 12.8 Å². The SMILES string of the molecule is CCC1=C(C)c2nc1ccc1nc(c3[nH]c(ccc4[nH]c2c(C)c4CC)c(CC)c3C)C(C)C1CC. The Morgan fingerprint density at radius 3 is 1.94 bits per heavy atom. The second-order valence-corrected chi connectivity index (χ2v) is 10.4. The molecule has 0 aliphatic carbocycles. The Morgan fingerprint density at radius 2 is 1.36 bits per heavy atom. The molecule has 0 saturated heterocycles. The van der Waals surface area contributed by atoms with Gasteiger partial charge in [-0.05, 0) is 104 Å². The van der Waals surface area contributed by atoms with Gasteiger partial charge in [-0.2, -0.15) is 0 Å². The fourth-order valence-electron chi connectivity index (χ4n) is 6.55. The van der Waals surface area contributed by atoms with Gasteiger partial charge in [-0.25, -0.2) is 4.98 Å². The lowest BCUT2D eigenvalue weighted by molar-refractivity contribution is 0.586. The number of nitrogens with one attached hydrogen (secondary N) is 2. The largest absolute Gasteiger partial charge is 0.354 e. The van der Waals surface area contributed by atoms with Crippen molar-refractivity contribution in [3.05, 3.63) is 69.3 Å². The lowest BCUT2D eigenvalue weighted by Gasteiger charge is -2.13. The molecule has 4 nitrogen and oxygen atoms in total. The van der Waals surface area contributed by atoms with Crippen LogP contribution in [0, 0.1) is 13.8 Å². The molecule has 2 aliphatic heterocycles. The fraction of sp³-hybridized carbons (Fsp3) is 0.438. The first-order valence-electron chi connectivity index (χ1n) is 13.8. The maximum atomic E-state index is 5.25. The summed E-state index contributed by atoms with van der Waals surface area (Å²) < 4.78 is 0. The monoisotopic (exact) mass is 480 g/mol. The van der Waals surface area contributed by atoms with Gasteiger partial charge in [0.15, 0.2) is 0 Å². The Labute approximate surface area is 215 Å². The number of hydrogen-bond acceptors (Lipinski definition) is 2. The number of aromatic nitrogens is 4. The molecule has 3 aromatic rings. The molecule has 2 unspecified atom stereocenters. The van der Waals surface area contributed by atoms with Crippen molar-refractivity contribution in [3.63, 3.8) is 0 Å². The number of fused-ring (bicyclic) bond motifs is 10. The van der Waals surface area contributed by atoms with Crippen molar-refractivity contribution in [2.45, 2.75) is 92.9 Å². The maximum absolute atomic E-state index is 5.25. The highest BCUT2D eigenvalue weighted by Crippen LogP contribution is 2.41. The smallest absolute Gasteiger partial charge is 0.0907 e. The first-order chi connectivity index (χ1) is 17.3. The van der Waals surface area contributed by atoms with Crippen LogP contribution in [-0.4, -0.2) is 19.9 Å². The number of aryl methyl sites for hydroxylation is 4. The molecule has 0 aromatic carbocycles. The van der Waals surface area contributed by atoms with Crippen molar-refractivity contribution in [3.8, 4) is 0 Å². The number of allylic oxidation sites excluding steroid dienone is 2. The van der Waals surface area contributed by atoms with E-state index in [0.717, 1.165) is 42.6 Å². The van der Waals surface area contributed by atoms with Gasteiger partial charge in [0, 0.05) is 28.6 Å². The number of rotatable bonds is 4. The second-order valence-electron chi connectivity index (χ2n) is 10.4. The molecular weight excluding hydrogens is 440 g/mol. The summed E-state index contributed by atoms with van der Waals surface area (Å²) in [7, 11) is 0. The standard InChI is InChI=1S/C32H40N4/c1-9-21-17(5)29-30-18(6)22(10-2)27(34-30)15-16-28-24(12-4)20(8)32(36-28)31-19(7)23(11-3)26(35-31)14-13-25(21)33-29/h13-17,21,34,36H,9-12H2,1-8H3. The molecule has 188 valence electrons. The number of hydrogen-bond donors (Lipinski definition) is 2. The van der Waals surface area contributed by atoms with Gasteiger partial charge in [-0.1, -0.05) is 34.6 Å². The lowest BCUT2D eigenvalue weighted by atomic mass is 9.88. The number of aromatic amines is 2. The lowest BCUT2D eigenvalue weighted by Crippen LogP contribution is -2.00. The van der Waals surface area contributed by atoms with E-state index in [2.05, 4.69) is 89.6 Å². The summed E-state index contributed by atoms with van der Waals surface area (Å²) in [6.45, 7) is 18.0. The van der Waals surface area contributed by atoms with Crippen molar-refractivity contribution in [1.82, 2.24) is 19.9 Å². The van der Waals surface area contributed by atoms with Gasteiger partial charge in [0.25, 0.3) is 0 Å². The van der Waals surface area contributed by atoms with Crippen molar-refractivity contribution in [2.75, 3.05) is 0 Å². The van der Waals surface area contributed by atoms with Gasteiger partial charge >= 0.3 is 0 Å². The van der Waals surface area contributed by atoms with E-state index < -0.39 is 0 Å². The first kappa shape index (κ1) is 24.5. The van der Waals surface area contributed by atoms with Gasteiger partial charge in [0.2, 0.25) is 0 Å². The molecular formula is C32H40N4. The Bertz CT molecular complexity index is 1530. The molecule has 0 saturated carbocycles. The number of nitrogens with zero attached hydrogens (tertiary/aromatic N) is 2. The zero-order valence-electron chi connectivity index (χ0n) is 23.2. The summed E-state index contributed by atoms with van der Waals surface area (Å²) >= 11 is 0. The summed E-state index contributed by atoms with van der Waals surface area (Å²) in [5.74, 6) is 0.791.